The van der Waals surface area contributed by atoms with E-state index in [1.165, 1.54) is 24.0 Å². The summed E-state index contributed by atoms with van der Waals surface area (Å²) in [5.41, 5.74) is 3.49. The van der Waals surface area contributed by atoms with E-state index in [4.69, 9.17) is 5.73 Å². The molecule has 11 heteroatoms. The van der Waals surface area contributed by atoms with Crippen molar-refractivity contribution in [2.24, 2.45) is 28.6 Å². The van der Waals surface area contributed by atoms with Crippen LogP contribution in [0.25, 0.3) is 5.76 Å². The lowest BCUT2D eigenvalue weighted by Gasteiger charge is -2.53. The lowest BCUT2D eigenvalue weighted by molar-refractivity contribution is -0.184. The van der Waals surface area contributed by atoms with Gasteiger partial charge in [0.1, 0.15) is 17.4 Å². The largest absolute Gasteiger partial charge is 0.507 e. The van der Waals surface area contributed by atoms with E-state index < -0.39 is 58.7 Å². The molecule has 11 nitrogen and oxygen atoms in total. The Morgan fingerprint density at radius 2 is 1.88 bits per heavy atom. The van der Waals surface area contributed by atoms with Crippen molar-refractivity contribution in [2.45, 2.75) is 37.5 Å². The minimum Gasteiger partial charge on any atom is -0.507 e. The van der Waals surface area contributed by atoms with Crippen LogP contribution < -0.4 is 5.73 Å². The van der Waals surface area contributed by atoms with Crippen molar-refractivity contribution in [3.05, 3.63) is 34.4 Å². The summed E-state index contributed by atoms with van der Waals surface area (Å²) in [6.45, 7) is 1.54. The number of benzene rings is 1. The van der Waals surface area contributed by atoms with E-state index in [1.807, 2.05) is 0 Å². The normalized spacial score (nSPS) is 33.5. The summed E-state index contributed by atoms with van der Waals surface area (Å²) < 4.78 is 0. The number of oxime groups is 1. The van der Waals surface area contributed by atoms with Crippen LogP contribution in [-0.2, 0) is 20.8 Å². The molecule has 3 aliphatic rings. The van der Waals surface area contributed by atoms with Crippen LogP contribution in [0.3, 0.4) is 0 Å². The monoisotopic (exact) mass is 473 g/mol. The maximum atomic E-state index is 13.7. The zero-order valence-electron chi connectivity index (χ0n) is 18.9. The number of amides is 1. The number of nitrogens with zero attached hydrogens (tertiary/aromatic N) is 2. The fourth-order valence-electron chi connectivity index (χ4n) is 6.00. The minimum atomic E-state index is -2.69. The van der Waals surface area contributed by atoms with Gasteiger partial charge in [-0.25, -0.2) is 0 Å². The topological polar surface area (TPSA) is 194 Å². The van der Waals surface area contributed by atoms with Gasteiger partial charge in [-0.3, -0.25) is 14.4 Å². The first-order chi connectivity index (χ1) is 15.9. The van der Waals surface area contributed by atoms with Crippen LogP contribution in [0.1, 0.15) is 30.0 Å². The van der Waals surface area contributed by atoms with Crippen molar-refractivity contribution in [3.63, 3.8) is 0 Å². The molecule has 2 unspecified atom stereocenters. The van der Waals surface area contributed by atoms with E-state index in [0.717, 1.165) is 0 Å². The second-order valence-electron chi connectivity index (χ2n) is 9.46. The number of nitrogens with two attached hydrogens (primary N) is 1. The average Bonchev–Trinajstić information content (AvgIpc) is 2.75. The summed E-state index contributed by atoms with van der Waals surface area (Å²) in [5.74, 6) is -7.95. The number of primary amides is 1. The molecule has 0 radical (unpaired) electrons. The molecule has 1 aromatic rings. The van der Waals surface area contributed by atoms with Gasteiger partial charge in [-0.2, -0.15) is 0 Å². The van der Waals surface area contributed by atoms with Crippen LogP contribution >= 0.6 is 0 Å². The maximum absolute atomic E-state index is 13.7. The number of aliphatic hydroxyl groups excluding tert-OH is 2. The van der Waals surface area contributed by atoms with Gasteiger partial charge in [-0.05, 0) is 57.5 Å². The van der Waals surface area contributed by atoms with Crippen LogP contribution in [-0.4, -0.2) is 85.6 Å². The molecule has 0 heterocycles. The maximum Gasteiger partial charge on any atom is 0.230 e. The highest BCUT2D eigenvalue weighted by atomic mass is 16.4. The van der Waals surface area contributed by atoms with Crippen molar-refractivity contribution >= 4 is 28.9 Å². The van der Waals surface area contributed by atoms with Crippen molar-refractivity contribution in [1.82, 2.24) is 4.90 Å². The first-order valence-corrected chi connectivity index (χ1v) is 10.8. The number of aliphatic hydroxyl groups is 3. The molecule has 0 bridgehead atoms. The smallest absolute Gasteiger partial charge is 0.230 e. The summed E-state index contributed by atoms with van der Waals surface area (Å²) >= 11 is 0. The Bertz CT molecular complexity index is 1170. The molecule has 0 saturated heterocycles. The molecule has 7 N–H and O–H groups in total. The predicted molar refractivity (Wildman–Crippen MR) is 118 cm³/mol. The SMILES string of the molecule is C/C(=N/O)c1ccc(O)c2c1C[C@H]1C[C@H]3[C@H](N(C)C)C(O)C(C(N)=O)C(=O)[C@@]3(O)C(=O)C1=C2O. The number of hydrogen-bond acceptors (Lipinski definition) is 10. The number of likely N-dealkylation sites (N-methyl/N-ethyl adjacent to an activating group) is 1. The van der Waals surface area contributed by atoms with Gasteiger partial charge in [0, 0.05) is 23.1 Å². The zero-order chi connectivity index (χ0) is 25.3. The van der Waals surface area contributed by atoms with Crippen LogP contribution in [0.4, 0.5) is 0 Å². The molecule has 34 heavy (non-hydrogen) atoms. The van der Waals surface area contributed by atoms with E-state index in [2.05, 4.69) is 5.16 Å². The van der Waals surface area contributed by atoms with Gasteiger partial charge in [0.05, 0.1) is 17.4 Å². The third kappa shape index (κ3) is 3.00. The summed E-state index contributed by atoms with van der Waals surface area (Å²) in [6, 6.07) is 1.84. The molecular weight excluding hydrogens is 446 g/mol. The van der Waals surface area contributed by atoms with Crippen LogP contribution in [0.5, 0.6) is 5.75 Å². The third-order valence-electron chi connectivity index (χ3n) is 7.51. The number of ketones is 2. The van der Waals surface area contributed by atoms with Crippen molar-refractivity contribution in [3.8, 4) is 5.75 Å². The molecule has 2 saturated carbocycles. The zero-order valence-corrected chi connectivity index (χ0v) is 18.9. The van der Waals surface area contributed by atoms with Crippen molar-refractivity contribution in [2.75, 3.05) is 14.1 Å². The predicted octanol–water partition coefficient (Wildman–Crippen LogP) is -0.673. The number of phenolic OH excluding ortho intramolecular Hbond substituents is 1. The number of hydrogen-bond donors (Lipinski definition) is 6. The Hall–Kier alpha value is -3.28. The quantitative estimate of drug-likeness (QED) is 0.143. The molecule has 0 spiro atoms. The molecule has 182 valence electrons. The molecule has 4 rings (SSSR count). The van der Waals surface area contributed by atoms with Gasteiger partial charge in [-0.1, -0.05) is 5.16 Å². The van der Waals surface area contributed by atoms with Gasteiger partial charge in [0.2, 0.25) is 11.7 Å². The molecule has 2 fully saturated rings. The highest BCUT2D eigenvalue weighted by molar-refractivity contribution is 6.25. The summed E-state index contributed by atoms with van der Waals surface area (Å²) in [5, 5.41) is 56.4. The standard InChI is InChI=1S/C23H27N3O8/c1-8(25-34)10-4-5-13(27)15-11(10)6-9-7-12-17(26(2)3)19(29)16(22(24)32)21(31)23(12,33)20(30)14(9)18(15)28/h4-5,9,12,16-17,19,27-29,33-34H,6-7H2,1-3H3,(H2,24,32)/b25-8-/t9-,12-,16?,17-,19?,23-/m0/s1. The van der Waals surface area contributed by atoms with Crippen LogP contribution in [0.15, 0.2) is 22.9 Å². The third-order valence-corrected chi connectivity index (χ3v) is 7.51. The first kappa shape index (κ1) is 23.9. The number of rotatable bonds is 3. The Kier molecular flexibility index (Phi) is 5.54. The molecule has 0 aliphatic heterocycles. The first-order valence-electron chi connectivity index (χ1n) is 10.8. The van der Waals surface area contributed by atoms with E-state index in [0.29, 0.717) is 11.1 Å². The van der Waals surface area contributed by atoms with Crippen LogP contribution in [0, 0.1) is 17.8 Å². The van der Waals surface area contributed by atoms with Gasteiger partial charge in [0.25, 0.3) is 0 Å². The van der Waals surface area contributed by atoms with Gasteiger partial charge in [0.15, 0.2) is 11.4 Å². The molecule has 1 aromatic carbocycles. The lowest BCUT2D eigenvalue weighted by Crippen LogP contribution is -2.73. The van der Waals surface area contributed by atoms with E-state index in [-0.39, 0.29) is 35.4 Å². The van der Waals surface area contributed by atoms with Gasteiger partial charge >= 0.3 is 0 Å². The number of carbonyl (C=O) groups excluding carboxylic acids is 3. The Morgan fingerprint density at radius 1 is 1.24 bits per heavy atom. The Balaban J connectivity index is 1.95. The van der Waals surface area contributed by atoms with E-state index in [1.54, 1.807) is 14.1 Å². The number of carbonyl (C=O) groups is 3. The molecule has 0 aromatic heterocycles. The highest BCUT2D eigenvalue weighted by Gasteiger charge is 2.67. The second-order valence-corrected chi connectivity index (χ2v) is 9.46. The minimum absolute atomic E-state index is 0.0165. The van der Waals surface area contributed by atoms with E-state index in [9.17, 15) is 40.0 Å². The molecule has 6 atom stereocenters. The van der Waals surface area contributed by atoms with Gasteiger partial charge in [-0.15, -0.1) is 0 Å². The molecule has 3 aliphatic carbocycles. The highest BCUT2D eigenvalue weighted by Crippen LogP contribution is 2.52. The van der Waals surface area contributed by atoms with Crippen LogP contribution in [0.2, 0.25) is 0 Å². The lowest BCUT2D eigenvalue weighted by atomic mass is 9.54. The van der Waals surface area contributed by atoms with Crippen molar-refractivity contribution < 1.29 is 40.0 Å². The van der Waals surface area contributed by atoms with Gasteiger partial charge < -0.3 is 36.3 Å². The number of Topliss-reactive ketones (excluding diaryl/α,β-unsaturated/α-hetero) is 2. The number of phenols is 1. The average molecular weight is 473 g/mol. The Labute approximate surface area is 194 Å². The number of fused-ring (bicyclic) bond motifs is 3. The number of aromatic hydroxyl groups is 1. The molecular formula is C23H27N3O8. The molecule has 1 amide bonds. The second kappa shape index (κ2) is 7.90. The fourth-order valence-corrected chi connectivity index (χ4v) is 6.00. The summed E-state index contributed by atoms with van der Waals surface area (Å²) in [7, 11) is 3.17. The Morgan fingerprint density at radius 3 is 2.44 bits per heavy atom. The van der Waals surface area contributed by atoms with E-state index >= 15 is 0 Å². The van der Waals surface area contributed by atoms with Crippen molar-refractivity contribution in [1.29, 1.82) is 0 Å². The fraction of sp³-hybridized carbons (Fsp3) is 0.478. The summed E-state index contributed by atoms with van der Waals surface area (Å²) in [4.78, 5) is 40.5. The summed E-state index contributed by atoms with van der Waals surface area (Å²) in [6.07, 6.45) is -1.40.